The van der Waals surface area contributed by atoms with Crippen LogP contribution in [0.1, 0.15) is 26.2 Å². The van der Waals surface area contributed by atoms with Crippen LogP contribution < -0.4 is 5.32 Å². The molecular formula is C9H13FNO2S. The van der Waals surface area contributed by atoms with E-state index < -0.39 is 5.98 Å². The van der Waals surface area contributed by atoms with Crippen molar-refractivity contribution in [3.05, 3.63) is 12.7 Å². The molecule has 3 nitrogen and oxygen atoms in total. The van der Waals surface area contributed by atoms with Crippen LogP contribution in [-0.2, 0) is 9.53 Å². The zero-order valence-electron chi connectivity index (χ0n) is 8.01. The lowest BCUT2D eigenvalue weighted by Crippen LogP contribution is -2.45. The SMILES string of the molecule is C=CCCC(F)(NC(=S)CC)O[C]=O. The summed E-state index contributed by atoms with van der Waals surface area (Å²) in [5, 5.41) is 2.31. The Bertz CT molecular complexity index is 223. The van der Waals surface area contributed by atoms with Crippen LogP contribution in [0.5, 0.6) is 0 Å². The molecule has 0 aliphatic rings. The number of carbonyl (C=O) groups excluding carboxylic acids is 1. The summed E-state index contributed by atoms with van der Waals surface area (Å²) in [5.41, 5.74) is 0. The highest BCUT2D eigenvalue weighted by Crippen LogP contribution is 2.16. The Labute approximate surface area is 88.3 Å². The summed E-state index contributed by atoms with van der Waals surface area (Å²) in [6.45, 7) is 6.28. The molecule has 0 aromatic rings. The molecule has 1 unspecified atom stereocenters. The molecule has 79 valence electrons. The molecule has 0 fully saturated rings. The first-order chi connectivity index (χ1) is 6.58. The molecule has 0 spiro atoms. The van der Waals surface area contributed by atoms with E-state index >= 15 is 0 Å². The number of hydrogen-bond acceptors (Lipinski definition) is 3. The first kappa shape index (κ1) is 13.0. The monoisotopic (exact) mass is 218 g/mol. The van der Waals surface area contributed by atoms with Crippen molar-refractivity contribution < 1.29 is 13.9 Å². The van der Waals surface area contributed by atoms with E-state index in [4.69, 9.17) is 12.2 Å². The summed E-state index contributed by atoms with van der Waals surface area (Å²) < 4.78 is 17.9. The van der Waals surface area contributed by atoms with Crippen molar-refractivity contribution >= 4 is 23.7 Å². The van der Waals surface area contributed by atoms with E-state index in [-0.39, 0.29) is 6.42 Å². The number of allylic oxidation sites excluding steroid dienone is 1. The lowest BCUT2D eigenvalue weighted by molar-refractivity contribution is -0.0937. The molecule has 0 aliphatic heterocycles. The Morgan fingerprint density at radius 1 is 1.86 bits per heavy atom. The molecule has 1 atom stereocenters. The second-order valence-electron chi connectivity index (χ2n) is 2.64. The van der Waals surface area contributed by atoms with Crippen LogP contribution in [-0.4, -0.2) is 17.4 Å². The Hall–Kier alpha value is -0.970. The van der Waals surface area contributed by atoms with Gasteiger partial charge in [-0.2, -0.15) is 4.39 Å². The molecule has 14 heavy (non-hydrogen) atoms. The van der Waals surface area contributed by atoms with Crippen LogP contribution in [0.25, 0.3) is 0 Å². The maximum absolute atomic E-state index is 13.7. The van der Waals surface area contributed by atoms with E-state index in [1.165, 1.54) is 6.08 Å². The Kier molecular flexibility index (Phi) is 6.03. The van der Waals surface area contributed by atoms with Gasteiger partial charge >= 0.3 is 12.5 Å². The minimum absolute atomic E-state index is 0.0358. The predicted octanol–water partition coefficient (Wildman–Crippen LogP) is 1.99. The van der Waals surface area contributed by atoms with Crippen molar-refractivity contribution in [2.45, 2.75) is 32.2 Å². The Morgan fingerprint density at radius 3 is 2.93 bits per heavy atom. The van der Waals surface area contributed by atoms with Crippen LogP contribution in [0.4, 0.5) is 4.39 Å². The molecule has 0 bridgehead atoms. The zero-order chi connectivity index (χ0) is 11.0. The highest BCUT2D eigenvalue weighted by atomic mass is 32.1. The average molecular weight is 218 g/mol. The van der Waals surface area contributed by atoms with Gasteiger partial charge in [0.2, 0.25) is 0 Å². The summed E-state index contributed by atoms with van der Waals surface area (Å²) >= 11 is 4.78. The summed E-state index contributed by atoms with van der Waals surface area (Å²) in [6.07, 6.45) is 2.35. The minimum Gasteiger partial charge on any atom is -0.401 e. The zero-order valence-corrected chi connectivity index (χ0v) is 8.82. The third kappa shape index (κ3) is 4.91. The second kappa shape index (κ2) is 6.48. The van der Waals surface area contributed by atoms with Gasteiger partial charge in [0, 0.05) is 6.42 Å². The molecule has 0 rings (SSSR count). The lowest BCUT2D eigenvalue weighted by Gasteiger charge is -2.24. The number of thiocarbonyl (C=S) groups is 1. The summed E-state index contributed by atoms with van der Waals surface area (Å²) in [7, 11) is 0. The molecule has 5 heteroatoms. The summed E-state index contributed by atoms with van der Waals surface area (Å²) in [6, 6.07) is 0. The first-order valence-electron chi connectivity index (χ1n) is 4.24. The first-order valence-corrected chi connectivity index (χ1v) is 4.64. The predicted molar refractivity (Wildman–Crippen MR) is 56.1 cm³/mol. The topological polar surface area (TPSA) is 38.3 Å². The number of halogens is 1. The number of alkyl halides is 1. The Balaban J connectivity index is 4.28. The van der Waals surface area contributed by atoms with Crippen LogP contribution in [0, 0.1) is 0 Å². The maximum atomic E-state index is 13.7. The summed E-state index contributed by atoms with van der Waals surface area (Å²) in [5.74, 6) is -2.26. The van der Waals surface area contributed by atoms with Crippen molar-refractivity contribution in [3.8, 4) is 0 Å². The van der Waals surface area contributed by atoms with Crippen molar-refractivity contribution in [2.75, 3.05) is 0 Å². The van der Waals surface area contributed by atoms with E-state index in [1.807, 2.05) is 0 Å². The third-order valence-corrected chi connectivity index (χ3v) is 1.91. The van der Waals surface area contributed by atoms with Gasteiger partial charge in [-0.05, 0) is 12.8 Å². The van der Waals surface area contributed by atoms with Crippen LogP contribution in [0.2, 0.25) is 0 Å². The summed E-state index contributed by atoms with van der Waals surface area (Å²) in [4.78, 5) is 10.3. The van der Waals surface area contributed by atoms with E-state index in [0.29, 0.717) is 17.8 Å². The molecule has 0 saturated heterocycles. The molecule has 0 aliphatic carbocycles. The van der Waals surface area contributed by atoms with Crippen molar-refractivity contribution in [1.82, 2.24) is 5.32 Å². The van der Waals surface area contributed by atoms with E-state index in [1.54, 1.807) is 6.92 Å². The molecule has 1 N–H and O–H groups in total. The van der Waals surface area contributed by atoms with Gasteiger partial charge in [0.15, 0.2) is 0 Å². The molecule has 0 aromatic heterocycles. The van der Waals surface area contributed by atoms with E-state index in [0.717, 1.165) is 6.47 Å². The fourth-order valence-electron chi connectivity index (χ4n) is 0.789. The molecule has 0 amide bonds. The van der Waals surface area contributed by atoms with Gasteiger partial charge in [0.25, 0.3) is 0 Å². The smallest absolute Gasteiger partial charge is 0.401 e. The van der Waals surface area contributed by atoms with Crippen LogP contribution >= 0.6 is 12.2 Å². The molecular weight excluding hydrogens is 205 g/mol. The number of nitrogens with one attached hydrogen (secondary N) is 1. The maximum Gasteiger partial charge on any atom is 0.421 e. The second-order valence-corrected chi connectivity index (χ2v) is 3.14. The van der Waals surface area contributed by atoms with Gasteiger partial charge in [-0.3, -0.25) is 0 Å². The van der Waals surface area contributed by atoms with Crippen molar-refractivity contribution in [3.63, 3.8) is 0 Å². The van der Waals surface area contributed by atoms with E-state index in [9.17, 15) is 9.18 Å². The molecule has 1 radical (unpaired) electrons. The fourth-order valence-corrected chi connectivity index (χ4v) is 0.942. The standard InChI is InChI=1S/C9H13FNO2S/c1-3-5-6-9(10,13-7-12)11-8(14)4-2/h3H,1,4-6H2,2H3,(H,11,14). The van der Waals surface area contributed by atoms with Gasteiger partial charge in [-0.15, -0.1) is 6.58 Å². The van der Waals surface area contributed by atoms with Crippen LogP contribution in [0.15, 0.2) is 12.7 Å². The number of ether oxygens (including phenoxy) is 1. The average Bonchev–Trinajstić information content (AvgIpc) is 2.15. The highest BCUT2D eigenvalue weighted by Gasteiger charge is 2.31. The fraction of sp³-hybridized carbons (Fsp3) is 0.556. The van der Waals surface area contributed by atoms with Gasteiger partial charge in [0.05, 0.1) is 4.99 Å². The highest BCUT2D eigenvalue weighted by molar-refractivity contribution is 7.80. The molecule has 0 saturated carbocycles. The number of hydrogen-bond donors (Lipinski definition) is 1. The van der Waals surface area contributed by atoms with Gasteiger partial charge in [-0.1, -0.05) is 25.2 Å². The van der Waals surface area contributed by atoms with Crippen LogP contribution in [0.3, 0.4) is 0 Å². The number of rotatable bonds is 7. The largest absolute Gasteiger partial charge is 0.421 e. The Morgan fingerprint density at radius 2 is 2.50 bits per heavy atom. The van der Waals surface area contributed by atoms with Gasteiger partial charge < -0.3 is 10.1 Å². The lowest BCUT2D eigenvalue weighted by atomic mass is 10.2. The molecule has 0 heterocycles. The molecule has 0 aromatic carbocycles. The third-order valence-electron chi connectivity index (χ3n) is 1.52. The van der Waals surface area contributed by atoms with E-state index in [2.05, 4.69) is 16.6 Å². The quantitative estimate of drug-likeness (QED) is 0.307. The van der Waals surface area contributed by atoms with Gasteiger partial charge in [-0.25, -0.2) is 4.79 Å². The van der Waals surface area contributed by atoms with Crippen molar-refractivity contribution in [1.29, 1.82) is 0 Å². The van der Waals surface area contributed by atoms with Gasteiger partial charge in [0.1, 0.15) is 0 Å². The van der Waals surface area contributed by atoms with Crippen molar-refractivity contribution in [2.24, 2.45) is 0 Å². The minimum atomic E-state index is -2.26. The normalized spacial score (nSPS) is 13.9.